The summed E-state index contributed by atoms with van der Waals surface area (Å²) in [6.45, 7) is 2.96. The molecule has 3 rings (SSSR count). The fourth-order valence-electron chi connectivity index (χ4n) is 1.93. The van der Waals surface area contributed by atoms with Crippen LogP contribution in [0, 0.1) is 0 Å². The molecule has 108 valence electrons. The van der Waals surface area contributed by atoms with Gasteiger partial charge < -0.3 is 4.52 Å². The minimum atomic E-state index is 0.172. The van der Waals surface area contributed by atoms with Crippen molar-refractivity contribution in [2.45, 2.75) is 18.7 Å². The normalized spacial score (nSPS) is 12.4. The second-order valence-corrected chi connectivity index (χ2v) is 6.05. The van der Waals surface area contributed by atoms with Gasteiger partial charge in [0.25, 0.3) is 0 Å². The van der Waals surface area contributed by atoms with Gasteiger partial charge in [0.2, 0.25) is 11.7 Å². The van der Waals surface area contributed by atoms with Crippen molar-refractivity contribution in [2.24, 2.45) is 0 Å². The summed E-state index contributed by atoms with van der Waals surface area (Å²) < 4.78 is 7.28. The third-order valence-electron chi connectivity index (χ3n) is 3.07. The van der Waals surface area contributed by atoms with Gasteiger partial charge in [-0.3, -0.25) is 4.68 Å². The quantitative estimate of drug-likeness (QED) is 0.698. The molecular weight excluding hydrogens is 284 g/mol. The van der Waals surface area contributed by atoms with Crippen molar-refractivity contribution in [3.63, 3.8) is 0 Å². The van der Waals surface area contributed by atoms with E-state index in [-0.39, 0.29) is 5.25 Å². The number of thioether (sulfide) groups is 1. The van der Waals surface area contributed by atoms with Gasteiger partial charge in [-0.15, -0.1) is 11.8 Å². The summed E-state index contributed by atoms with van der Waals surface area (Å²) in [6.07, 6.45) is 3.75. The van der Waals surface area contributed by atoms with Gasteiger partial charge in [-0.05, 0) is 13.0 Å². The van der Waals surface area contributed by atoms with E-state index in [9.17, 15) is 0 Å². The van der Waals surface area contributed by atoms with E-state index in [0.717, 1.165) is 17.9 Å². The molecule has 0 unspecified atom stereocenters. The molecule has 0 aliphatic heterocycles. The highest BCUT2D eigenvalue weighted by Crippen LogP contribution is 2.28. The number of aryl methyl sites for hydroxylation is 1. The van der Waals surface area contributed by atoms with Crippen molar-refractivity contribution in [3.8, 4) is 11.4 Å². The van der Waals surface area contributed by atoms with Crippen LogP contribution in [0.1, 0.15) is 18.1 Å². The van der Waals surface area contributed by atoms with Crippen LogP contribution >= 0.6 is 11.8 Å². The first-order valence-corrected chi connectivity index (χ1v) is 7.86. The first kappa shape index (κ1) is 13.9. The van der Waals surface area contributed by atoms with Crippen molar-refractivity contribution in [2.75, 3.05) is 5.75 Å². The molecule has 5 nitrogen and oxygen atoms in total. The van der Waals surface area contributed by atoms with Gasteiger partial charge in [-0.1, -0.05) is 35.5 Å². The number of benzene rings is 1. The summed E-state index contributed by atoms with van der Waals surface area (Å²) in [5, 5.41) is 8.40. The molecule has 0 bridgehead atoms. The van der Waals surface area contributed by atoms with E-state index in [1.54, 1.807) is 18.0 Å². The predicted octanol–water partition coefficient (Wildman–Crippen LogP) is 3.43. The molecule has 1 aromatic carbocycles. The monoisotopic (exact) mass is 300 g/mol. The van der Waals surface area contributed by atoms with Crippen molar-refractivity contribution < 1.29 is 4.52 Å². The van der Waals surface area contributed by atoms with Crippen LogP contribution in [0.4, 0.5) is 0 Å². The maximum Gasteiger partial charge on any atom is 0.239 e. The third-order valence-corrected chi connectivity index (χ3v) is 4.19. The Morgan fingerprint density at radius 2 is 2.10 bits per heavy atom. The van der Waals surface area contributed by atoms with Gasteiger partial charge in [-0.25, -0.2) is 0 Å². The van der Waals surface area contributed by atoms with E-state index < -0.39 is 0 Å². The second-order valence-electron chi connectivity index (χ2n) is 4.60. The zero-order valence-corrected chi connectivity index (χ0v) is 12.5. The minimum Gasteiger partial charge on any atom is -0.338 e. The molecule has 0 amide bonds. The fraction of sp³-hybridized carbons (Fsp3) is 0.267. The Balaban J connectivity index is 1.58. The Bertz CT molecular complexity index is 666. The molecule has 2 aromatic heterocycles. The highest BCUT2D eigenvalue weighted by Gasteiger charge is 2.15. The van der Waals surface area contributed by atoms with Gasteiger partial charge >= 0.3 is 0 Å². The molecule has 0 spiro atoms. The molecule has 0 fully saturated rings. The maximum absolute atomic E-state index is 5.36. The molecule has 0 saturated heterocycles. The number of rotatable bonds is 6. The van der Waals surface area contributed by atoms with Gasteiger partial charge in [0, 0.05) is 30.3 Å². The smallest absolute Gasteiger partial charge is 0.239 e. The molecule has 0 aliphatic carbocycles. The number of hydrogen-bond acceptors (Lipinski definition) is 5. The van der Waals surface area contributed by atoms with Crippen LogP contribution in [0.3, 0.4) is 0 Å². The van der Waals surface area contributed by atoms with Gasteiger partial charge in [0.05, 0.1) is 5.25 Å². The molecule has 1 atom stereocenters. The molecule has 2 heterocycles. The van der Waals surface area contributed by atoms with Crippen molar-refractivity contribution in [3.05, 3.63) is 54.7 Å². The highest BCUT2D eigenvalue weighted by molar-refractivity contribution is 7.99. The second kappa shape index (κ2) is 6.58. The molecule has 0 N–H and O–H groups in total. The molecule has 3 aromatic rings. The van der Waals surface area contributed by atoms with E-state index >= 15 is 0 Å². The van der Waals surface area contributed by atoms with E-state index in [4.69, 9.17) is 4.52 Å². The average molecular weight is 300 g/mol. The topological polar surface area (TPSA) is 56.7 Å². The lowest BCUT2D eigenvalue weighted by molar-refractivity contribution is 0.380. The summed E-state index contributed by atoms with van der Waals surface area (Å²) in [6, 6.07) is 11.8. The molecule has 0 aliphatic rings. The predicted molar refractivity (Wildman–Crippen MR) is 82.8 cm³/mol. The number of nitrogens with zero attached hydrogens (tertiary/aromatic N) is 4. The number of hydrogen-bond donors (Lipinski definition) is 0. The SMILES string of the molecule is C[C@@H](SCCn1cccn1)c1nc(-c2ccccc2)no1. The zero-order chi connectivity index (χ0) is 14.5. The average Bonchev–Trinajstić information content (AvgIpc) is 3.20. The fourth-order valence-corrected chi connectivity index (χ4v) is 2.82. The Morgan fingerprint density at radius 1 is 1.24 bits per heavy atom. The summed E-state index contributed by atoms with van der Waals surface area (Å²) in [5.41, 5.74) is 0.973. The van der Waals surface area contributed by atoms with Crippen LogP contribution in [0.5, 0.6) is 0 Å². The van der Waals surface area contributed by atoms with Gasteiger partial charge in [0.1, 0.15) is 0 Å². The molecule has 0 radical (unpaired) electrons. The first-order chi connectivity index (χ1) is 10.3. The van der Waals surface area contributed by atoms with E-state index in [2.05, 4.69) is 22.2 Å². The van der Waals surface area contributed by atoms with Crippen molar-refractivity contribution in [1.29, 1.82) is 0 Å². The Labute approximate surface area is 127 Å². The van der Waals surface area contributed by atoms with Gasteiger partial charge in [-0.2, -0.15) is 10.1 Å². The van der Waals surface area contributed by atoms with Crippen LogP contribution < -0.4 is 0 Å². The zero-order valence-electron chi connectivity index (χ0n) is 11.7. The van der Waals surface area contributed by atoms with Crippen molar-refractivity contribution in [1.82, 2.24) is 19.9 Å². The van der Waals surface area contributed by atoms with E-state index in [1.165, 1.54) is 0 Å². The number of aromatic nitrogens is 4. The van der Waals surface area contributed by atoms with Crippen LogP contribution in [0.25, 0.3) is 11.4 Å². The van der Waals surface area contributed by atoms with E-state index in [1.807, 2.05) is 47.3 Å². The lowest BCUT2D eigenvalue weighted by Crippen LogP contribution is -2.02. The third kappa shape index (κ3) is 3.52. The minimum absolute atomic E-state index is 0.172. The molecule has 21 heavy (non-hydrogen) atoms. The van der Waals surface area contributed by atoms with Crippen LogP contribution in [0.15, 0.2) is 53.3 Å². The largest absolute Gasteiger partial charge is 0.338 e. The summed E-state index contributed by atoms with van der Waals surface area (Å²) >= 11 is 1.78. The Hall–Kier alpha value is -2.08. The van der Waals surface area contributed by atoms with Crippen LogP contribution in [0.2, 0.25) is 0 Å². The molecule has 6 heteroatoms. The van der Waals surface area contributed by atoms with E-state index in [0.29, 0.717) is 11.7 Å². The summed E-state index contributed by atoms with van der Waals surface area (Å²) in [7, 11) is 0. The highest BCUT2D eigenvalue weighted by atomic mass is 32.2. The summed E-state index contributed by atoms with van der Waals surface area (Å²) in [5.74, 6) is 2.26. The molecular formula is C15H16N4OS. The maximum atomic E-state index is 5.36. The lowest BCUT2D eigenvalue weighted by atomic mass is 10.2. The summed E-state index contributed by atoms with van der Waals surface area (Å²) in [4.78, 5) is 4.48. The first-order valence-electron chi connectivity index (χ1n) is 6.81. The Kier molecular flexibility index (Phi) is 4.35. The van der Waals surface area contributed by atoms with Crippen molar-refractivity contribution >= 4 is 11.8 Å². The lowest BCUT2D eigenvalue weighted by Gasteiger charge is -2.06. The molecule has 0 saturated carbocycles. The standard InChI is InChI=1S/C15H16N4OS/c1-12(21-11-10-19-9-5-8-16-19)15-17-14(18-20-15)13-6-3-2-4-7-13/h2-9,12H,10-11H2,1H3/t12-/m1/s1. The van der Waals surface area contributed by atoms with Crippen LogP contribution in [-0.4, -0.2) is 25.7 Å². The van der Waals surface area contributed by atoms with Gasteiger partial charge in [0.15, 0.2) is 0 Å². The Morgan fingerprint density at radius 3 is 2.86 bits per heavy atom. The van der Waals surface area contributed by atoms with Crippen LogP contribution in [-0.2, 0) is 6.54 Å².